The maximum atomic E-state index is 5.76. The van der Waals surface area contributed by atoms with E-state index in [9.17, 15) is 0 Å². The quantitative estimate of drug-likeness (QED) is 0.849. The molecule has 0 unspecified atom stereocenters. The third kappa shape index (κ3) is 2.78. The topological polar surface area (TPSA) is 47.1 Å². The van der Waals surface area contributed by atoms with Crippen LogP contribution in [0.1, 0.15) is 31.7 Å². The lowest BCUT2D eigenvalue weighted by molar-refractivity contribution is 0.297. The molecule has 4 nitrogen and oxygen atoms in total. The zero-order valence-corrected chi connectivity index (χ0v) is 13.0. The van der Waals surface area contributed by atoms with Gasteiger partial charge in [0.2, 0.25) is 0 Å². The highest BCUT2D eigenvalue weighted by molar-refractivity contribution is 7.71. The molecule has 5 heteroatoms. The van der Waals surface area contributed by atoms with Crippen molar-refractivity contribution < 1.29 is 9.47 Å². The van der Waals surface area contributed by atoms with Crippen LogP contribution in [-0.2, 0) is 0 Å². The van der Waals surface area contributed by atoms with Crippen molar-refractivity contribution in [3.05, 3.63) is 34.7 Å². The maximum absolute atomic E-state index is 5.76. The average Bonchev–Trinajstić information content (AvgIpc) is 2.71. The van der Waals surface area contributed by atoms with Crippen molar-refractivity contribution in [2.24, 2.45) is 0 Å². The second-order valence-corrected chi connectivity index (χ2v) is 5.75. The molecule has 0 fully saturated rings. The van der Waals surface area contributed by atoms with Gasteiger partial charge in [-0.15, -0.1) is 0 Å². The van der Waals surface area contributed by atoms with Crippen molar-refractivity contribution in [2.45, 2.75) is 26.2 Å². The lowest BCUT2D eigenvalue weighted by Gasteiger charge is -2.14. The molecule has 0 bridgehead atoms. The Labute approximate surface area is 129 Å². The summed E-state index contributed by atoms with van der Waals surface area (Å²) in [6, 6.07) is 5.99. The Morgan fingerprint density at radius 1 is 1.19 bits per heavy atom. The van der Waals surface area contributed by atoms with Crippen molar-refractivity contribution in [1.29, 1.82) is 0 Å². The van der Waals surface area contributed by atoms with Crippen LogP contribution < -0.4 is 9.47 Å². The molecule has 110 valence electrons. The van der Waals surface area contributed by atoms with Gasteiger partial charge in [0.25, 0.3) is 0 Å². The number of hydrogen-bond acceptors (Lipinski definition) is 4. The van der Waals surface area contributed by atoms with E-state index in [1.165, 1.54) is 0 Å². The fourth-order valence-electron chi connectivity index (χ4n) is 2.50. The highest BCUT2D eigenvalue weighted by Crippen LogP contribution is 2.35. The van der Waals surface area contributed by atoms with E-state index in [1.807, 2.05) is 18.2 Å². The Bertz CT molecular complexity index is 710. The molecule has 0 saturated heterocycles. The molecule has 0 saturated carbocycles. The maximum Gasteiger partial charge on any atom is 0.161 e. The Hall–Kier alpha value is -1.88. The first-order valence-electron chi connectivity index (χ1n) is 7.14. The van der Waals surface area contributed by atoms with Gasteiger partial charge in [0, 0.05) is 17.5 Å². The highest BCUT2D eigenvalue weighted by atomic mass is 32.1. The van der Waals surface area contributed by atoms with Crippen molar-refractivity contribution in [2.75, 3.05) is 13.2 Å². The van der Waals surface area contributed by atoms with Crippen LogP contribution in [0.3, 0.4) is 0 Å². The third-order valence-corrected chi connectivity index (χ3v) is 3.83. The predicted molar refractivity (Wildman–Crippen MR) is 84.6 cm³/mol. The summed E-state index contributed by atoms with van der Waals surface area (Å²) in [7, 11) is 0. The summed E-state index contributed by atoms with van der Waals surface area (Å²) in [4.78, 5) is 7.42. The number of H-pyrrole nitrogens is 1. The van der Waals surface area contributed by atoms with Crippen LogP contribution in [0.4, 0.5) is 0 Å². The number of benzene rings is 1. The minimum Gasteiger partial charge on any atom is -0.490 e. The Kier molecular flexibility index (Phi) is 3.92. The number of fused-ring (bicyclic) bond motifs is 1. The standard InChI is InChI=1S/C16H18N2O2S/c1-10(2)14-15(17-9-18-16(14)21)11-4-5-12-13(8-11)20-7-3-6-19-12/h4-5,8-10H,3,6-7H2,1-2H3,(H,17,18,21). The van der Waals surface area contributed by atoms with E-state index in [0.717, 1.165) is 34.7 Å². The molecular weight excluding hydrogens is 284 g/mol. The van der Waals surface area contributed by atoms with Crippen LogP contribution in [-0.4, -0.2) is 23.2 Å². The SMILES string of the molecule is CC(C)c1c(-c2ccc3c(c2)OCCCO3)[nH]cnc1=S. The molecule has 1 aliphatic rings. The Balaban J connectivity index is 2.11. The first-order chi connectivity index (χ1) is 10.2. The van der Waals surface area contributed by atoms with Gasteiger partial charge < -0.3 is 14.5 Å². The van der Waals surface area contributed by atoms with E-state index in [2.05, 4.69) is 23.8 Å². The number of aromatic amines is 1. The van der Waals surface area contributed by atoms with E-state index in [-0.39, 0.29) is 0 Å². The summed E-state index contributed by atoms with van der Waals surface area (Å²) in [6.07, 6.45) is 2.55. The first kappa shape index (κ1) is 14.1. The molecule has 1 aromatic carbocycles. The van der Waals surface area contributed by atoms with Gasteiger partial charge in [0.1, 0.15) is 4.64 Å². The zero-order chi connectivity index (χ0) is 14.8. The molecule has 0 radical (unpaired) electrons. The molecule has 1 aliphatic heterocycles. The summed E-state index contributed by atoms with van der Waals surface area (Å²) in [5, 5.41) is 0. The van der Waals surface area contributed by atoms with Gasteiger partial charge in [-0.25, -0.2) is 4.98 Å². The molecule has 0 spiro atoms. The van der Waals surface area contributed by atoms with Crippen LogP contribution in [0.2, 0.25) is 0 Å². The lowest BCUT2D eigenvalue weighted by Crippen LogP contribution is -1.99. The number of nitrogens with one attached hydrogen (secondary N) is 1. The molecule has 0 amide bonds. The summed E-state index contributed by atoms with van der Waals surface area (Å²) >= 11 is 5.37. The summed E-state index contributed by atoms with van der Waals surface area (Å²) in [5.74, 6) is 1.89. The monoisotopic (exact) mass is 302 g/mol. The van der Waals surface area contributed by atoms with Gasteiger partial charge in [-0.3, -0.25) is 0 Å². The van der Waals surface area contributed by atoms with Gasteiger partial charge >= 0.3 is 0 Å². The van der Waals surface area contributed by atoms with Gasteiger partial charge in [0.15, 0.2) is 11.5 Å². The van der Waals surface area contributed by atoms with E-state index in [1.54, 1.807) is 6.33 Å². The van der Waals surface area contributed by atoms with E-state index in [4.69, 9.17) is 21.7 Å². The van der Waals surface area contributed by atoms with Crippen LogP contribution in [0.5, 0.6) is 11.5 Å². The van der Waals surface area contributed by atoms with E-state index >= 15 is 0 Å². The second kappa shape index (κ2) is 5.85. The molecule has 1 N–H and O–H groups in total. The summed E-state index contributed by atoms with van der Waals surface area (Å²) < 4.78 is 12.1. The van der Waals surface area contributed by atoms with Crippen molar-refractivity contribution in [3.63, 3.8) is 0 Å². The molecule has 3 rings (SSSR count). The third-order valence-electron chi connectivity index (χ3n) is 3.50. The highest BCUT2D eigenvalue weighted by Gasteiger charge is 2.15. The fourth-order valence-corrected chi connectivity index (χ4v) is 2.89. The normalized spacial score (nSPS) is 14.0. The average molecular weight is 302 g/mol. The number of rotatable bonds is 2. The van der Waals surface area contributed by atoms with Gasteiger partial charge in [-0.1, -0.05) is 26.1 Å². The lowest BCUT2D eigenvalue weighted by atomic mass is 9.98. The zero-order valence-electron chi connectivity index (χ0n) is 12.2. The molecule has 2 aromatic rings. The van der Waals surface area contributed by atoms with Gasteiger partial charge in [0.05, 0.1) is 25.2 Å². The molecular formula is C16H18N2O2S. The van der Waals surface area contributed by atoms with Crippen molar-refractivity contribution in [3.8, 4) is 22.8 Å². The van der Waals surface area contributed by atoms with Crippen LogP contribution in [0.15, 0.2) is 24.5 Å². The smallest absolute Gasteiger partial charge is 0.161 e. The molecule has 1 aromatic heterocycles. The number of hydrogen-bond donors (Lipinski definition) is 1. The minimum absolute atomic E-state index is 0.299. The number of aromatic nitrogens is 2. The molecule has 0 aliphatic carbocycles. The van der Waals surface area contributed by atoms with Crippen LogP contribution >= 0.6 is 12.2 Å². The van der Waals surface area contributed by atoms with Crippen molar-refractivity contribution >= 4 is 12.2 Å². The molecule has 21 heavy (non-hydrogen) atoms. The van der Waals surface area contributed by atoms with E-state index < -0.39 is 0 Å². The first-order valence-corrected chi connectivity index (χ1v) is 7.55. The van der Waals surface area contributed by atoms with Gasteiger partial charge in [-0.05, 0) is 24.1 Å². The minimum atomic E-state index is 0.299. The molecule has 2 heterocycles. The van der Waals surface area contributed by atoms with Crippen molar-refractivity contribution in [1.82, 2.24) is 9.97 Å². The van der Waals surface area contributed by atoms with Crippen LogP contribution in [0, 0.1) is 4.64 Å². The van der Waals surface area contributed by atoms with Crippen LogP contribution in [0.25, 0.3) is 11.3 Å². The summed E-state index contributed by atoms with van der Waals surface area (Å²) in [5.41, 5.74) is 3.10. The van der Waals surface area contributed by atoms with Gasteiger partial charge in [-0.2, -0.15) is 0 Å². The predicted octanol–water partition coefficient (Wildman–Crippen LogP) is 4.09. The molecule has 0 atom stereocenters. The largest absolute Gasteiger partial charge is 0.490 e. The Morgan fingerprint density at radius 3 is 2.71 bits per heavy atom. The second-order valence-electron chi connectivity index (χ2n) is 5.36. The number of nitrogens with zero attached hydrogens (tertiary/aromatic N) is 1. The fraction of sp³-hybridized carbons (Fsp3) is 0.375. The number of ether oxygens (including phenoxy) is 2. The van der Waals surface area contributed by atoms with E-state index in [0.29, 0.717) is 23.8 Å². The Morgan fingerprint density at radius 2 is 1.95 bits per heavy atom. The summed E-state index contributed by atoms with van der Waals surface area (Å²) in [6.45, 7) is 5.61.